The molecule has 0 bridgehead atoms. The summed E-state index contributed by atoms with van der Waals surface area (Å²) in [5.41, 5.74) is 0. The van der Waals surface area contributed by atoms with Gasteiger partial charge in [-0.15, -0.1) is 0 Å². The molecule has 0 amide bonds. The molecular weight excluding hydrogens is 168 g/mol. The minimum absolute atomic E-state index is 0.0526. The van der Waals surface area contributed by atoms with Crippen LogP contribution in [0.15, 0.2) is 0 Å². The second kappa shape index (κ2) is 5.58. The SMILES string of the molecule is COCCCC(O)C(OC)C1CC1. The Morgan fingerprint density at radius 1 is 1.38 bits per heavy atom. The number of methoxy groups -OCH3 is 2. The van der Waals surface area contributed by atoms with Crippen LogP contribution in [0.1, 0.15) is 25.7 Å². The highest BCUT2D eigenvalue weighted by Crippen LogP contribution is 2.36. The summed E-state index contributed by atoms with van der Waals surface area (Å²) in [5, 5.41) is 9.77. The Kier molecular flexibility index (Phi) is 4.70. The van der Waals surface area contributed by atoms with Gasteiger partial charge in [-0.25, -0.2) is 0 Å². The van der Waals surface area contributed by atoms with E-state index >= 15 is 0 Å². The molecule has 1 N–H and O–H groups in total. The highest BCUT2D eigenvalue weighted by molar-refractivity contribution is 4.86. The van der Waals surface area contributed by atoms with Crippen molar-refractivity contribution in [3.63, 3.8) is 0 Å². The molecule has 1 rings (SSSR count). The van der Waals surface area contributed by atoms with Gasteiger partial charge in [0.2, 0.25) is 0 Å². The van der Waals surface area contributed by atoms with E-state index in [2.05, 4.69) is 0 Å². The standard InChI is InChI=1S/C10H20O3/c1-12-7-3-4-9(11)10(13-2)8-5-6-8/h8-11H,3-7H2,1-2H3. The van der Waals surface area contributed by atoms with Gasteiger partial charge in [-0.05, 0) is 31.6 Å². The average molecular weight is 188 g/mol. The number of hydrogen-bond donors (Lipinski definition) is 1. The lowest BCUT2D eigenvalue weighted by molar-refractivity contribution is -0.0307. The van der Waals surface area contributed by atoms with Gasteiger partial charge in [0.15, 0.2) is 0 Å². The topological polar surface area (TPSA) is 38.7 Å². The number of hydrogen-bond acceptors (Lipinski definition) is 3. The fourth-order valence-electron chi connectivity index (χ4n) is 1.69. The molecule has 2 unspecified atom stereocenters. The van der Waals surface area contributed by atoms with Crippen molar-refractivity contribution in [2.45, 2.75) is 37.9 Å². The Morgan fingerprint density at radius 3 is 2.54 bits per heavy atom. The van der Waals surface area contributed by atoms with E-state index in [0.717, 1.165) is 19.4 Å². The first-order valence-electron chi connectivity index (χ1n) is 4.99. The van der Waals surface area contributed by atoms with Crippen molar-refractivity contribution in [3.8, 4) is 0 Å². The molecule has 3 heteroatoms. The van der Waals surface area contributed by atoms with Crippen LogP contribution in [-0.4, -0.2) is 38.1 Å². The number of ether oxygens (including phenoxy) is 2. The lowest BCUT2D eigenvalue weighted by Crippen LogP contribution is -2.30. The van der Waals surface area contributed by atoms with Gasteiger partial charge < -0.3 is 14.6 Å². The molecule has 0 aromatic rings. The minimum atomic E-state index is -0.312. The van der Waals surface area contributed by atoms with Crippen molar-refractivity contribution in [1.82, 2.24) is 0 Å². The zero-order valence-electron chi connectivity index (χ0n) is 8.53. The van der Waals surface area contributed by atoms with Gasteiger partial charge in [-0.2, -0.15) is 0 Å². The summed E-state index contributed by atoms with van der Waals surface area (Å²) >= 11 is 0. The van der Waals surface area contributed by atoms with E-state index in [9.17, 15) is 5.11 Å². The van der Waals surface area contributed by atoms with Crippen LogP contribution in [0.3, 0.4) is 0 Å². The fourth-order valence-corrected chi connectivity index (χ4v) is 1.69. The van der Waals surface area contributed by atoms with Crippen LogP contribution in [0, 0.1) is 5.92 Å². The molecule has 0 aromatic heterocycles. The molecule has 0 radical (unpaired) electrons. The van der Waals surface area contributed by atoms with E-state index < -0.39 is 0 Å². The molecule has 0 spiro atoms. The van der Waals surface area contributed by atoms with Crippen LogP contribution in [0.2, 0.25) is 0 Å². The van der Waals surface area contributed by atoms with Crippen LogP contribution in [0.4, 0.5) is 0 Å². The second-order valence-electron chi connectivity index (χ2n) is 3.74. The third-order valence-corrected chi connectivity index (χ3v) is 2.59. The average Bonchev–Trinajstić information content (AvgIpc) is 2.90. The molecule has 13 heavy (non-hydrogen) atoms. The van der Waals surface area contributed by atoms with E-state index in [0.29, 0.717) is 5.92 Å². The molecular formula is C10H20O3. The van der Waals surface area contributed by atoms with Crippen LogP contribution < -0.4 is 0 Å². The van der Waals surface area contributed by atoms with Gasteiger partial charge in [0.1, 0.15) is 0 Å². The zero-order valence-corrected chi connectivity index (χ0v) is 8.53. The molecule has 0 saturated heterocycles. The summed E-state index contributed by atoms with van der Waals surface area (Å²) in [6.45, 7) is 0.720. The predicted octanol–water partition coefficient (Wildman–Crippen LogP) is 1.20. The first-order valence-corrected chi connectivity index (χ1v) is 4.99. The summed E-state index contributed by atoms with van der Waals surface area (Å²) in [6.07, 6.45) is 3.84. The van der Waals surface area contributed by atoms with Gasteiger partial charge in [0, 0.05) is 20.8 Å². The Balaban J connectivity index is 2.15. The number of aliphatic hydroxyl groups excluding tert-OH is 1. The second-order valence-corrected chi connectivity index (χ2v) is 3.74. The van der Waals surface area contributed by atoms with Crippen molar-refractivity contribution < 1.29 is 14.6 Å². The Hall–Kier alpha value is -0.120. The third-order valence-electron chi connectivity index (χ3n) is 2.59. The summed E-state index contributed by atoms with van der Waals surface area (Å²) in [4.78, 5) is 0. The Morgan fingerprint density at radius 2 is 2.08 bits per heavy atom. The Bertz CT molecular complexity index is 134. The molecule has 0 heterocycles. The maximum absolute atomic E-state index is 9.77. The van der Waals surface area contributed by atoms with Gasteiger partial charge in [-0.1, -0.05) is 0 Å². The molecule has 1 saturated carbocycles. The van der Waals surface area contributed by atoms with Crippen LogP contribution in [0.25, 0.3) is 0 Å². The molecule has 1 fully saturated rings. The summed E-state index contributed by atoms with van der Waals surface area (Å²) in [6, 6.07) is 0. The lowest BCUT2D eigenvalue weighted by Gasteiger charge is -2.20. The highest BCUT2D eigenvalue weighted by atomic mass is 16.5. The molecule has 78 valence electrons. The molecule has 1 aliphatic rings. The van der Waals surface area contributed by atoms with Crippen molar-refractivity contribution >= 4 is 0 Å². The quantitative estimate of drug-likeness (QED) is 0.610. The van der Waals surface area contributed by atoms with Crippen LogP contribution in [0.5, 0.6) is 0 Å². The largest absolute Gasteiger partial charge is 0.390 e. The van der Waals surface area contributed by atoms with E-state index in [1.54, 1.807) is 14.2 Å². The molecule has 2 atom stereocenters. The van der Waals surface area contributed by atoms with Crippen molar-refractivity contribution in [3.05, 3.63) is 0 Å². The van der Waals surface area contributed by atoms with Crippen LogP contribution >= 0.6 is 0 Å². The molecule has 0 aromatic carbocycles. The summed E-state index contributed by atoms with van der Waals surface area (Å²) < 4.78 is 10.2. The monoisotopic (exact) mass is 188 g/mol. The smallest absolute Gasteiger partial charge is 0.0858 e. The van der Waals surface area contributed by atoms with Crippen LogP contribution in [-0.2, 0) is 9.47 Å². The third kappa shape index (κ3) is 3.63. The fraction of sp³-hybridized carbons (Fsp3) is 1.00. The lowest BCUT2D eigenvalue weighted by atomic mass is 10.0. The molecule has 0 aliphatic heterocycles. The van der Waals surface area contributed by atoms with Crippen molar-refractivity contribution in [2.24, 2.45) is 5.92 Å². The molecule has 1 aliphatic carbocycles. The number of aliphatic hydroxyl groups is 1. The van der Waals surface area contributed by atoms with E-state index in [4.69, 9.17) is 9.47 Å². The first-order chi connectivity index (χ1) is 6.29. The summed E-state index contributed by atoms with van der Waals surface area (Å²) in [7, 11) is 3.36. The van der Waals surface area contributed by atoms with Crippen molar-refractivity contribution in [1.29, 1.82) is 0 Å². The van der Waals surface area contributed by atoms with Gasteiger partial charge in [-0.3, -0.25) is 0 Å². The highest BCUT2D eigenvalue weighted by Gasteiger charge is 2.35. The maximum atomic E-state index is 9.77. The zero-order chi connectivity index (χ0) is 9.68. The van der Waals surface area contributed by atoms with Gasteiger partial charge in [0.05, 0.1) is 12.2 Å². The minimum Gasteiger partial charge on any atom is -0.390 e. The van der Waals surface area contributed by atoms with Crippen molar-refractivity contribution in [2.75, 3.05) is 20.8 Å². The predicted molar refractivity (Wildman–Crippen MR) is 50.6 cm³/mol. The van der Waals surface area contributed by atoms with E-state index in [-0.39, 0.29) is 12.2 Å². The summed E-state index contributed by atoms with van der Waals surface area (Å²) in [5.74, 6) is 0.600. The number of rotatable bonds is 7. The first kappa shape index (κ1) is 11.0. The normalized spacial score (nSPS) is 21.5. The van der Waals surface area contributed by atoms with E-state index in [1.165, 1.54) is 12.8 Å². The maximum Gasteiger partial charge on any atom is 0.0858 e. The van der Waals surface area contributed by atoms with E-state index in [1.807, 2.05) is 0 Å². The van der Waals surface area contributed by atoms with Gasteiger partial charge >= 0.3 is 0 Å². The Labute approximate surface area is 80.0 Å². The van der Waals surface area contributed by atoms with Gasteiger partial charge in [0.25, 0.3) is 0 Å². The molecule has 3 nitrogen and oxygen atoms in total.